The highest BCUT2D eigenvalue weighted by Crippen LogP contribution is 2.22. The van der Waals surface area contributed by atoms with Crippen LogP contribution >= 0.6 is 0 Å². The van der Waals surface area contributed by atoms with Crippen molar-refractivity contribution in [2.75, 3.05) is 39.5 Å². The molecule has 0 N–H and O–H groups in total. The van der Waals surface area contributed by atoms with Crippen molar-refractivity contribution in [1.29, 1.82) is 5.26 Å². The van der Waals surface area contributed by atoms with Gasteiger partial charge in [-0.1, -0.05) is 39.5 Å². The third-order valence-electron chi connectivity index (χ3n) is 4.05. The third kappa shape index (κ3) is 7.38. The van der Waals surface area contributed by atoms with E-state index < -0.39 is 0 Å². The van der Waals surface area contributed by atoms with Crippen LogP contribution in [0.1, 0.15) is 27.0 Å². The Morgan fingerprint density at radius 2 is 1.74 bits per heavy atom. The molecule has 0 saturated carbocycles. The van der Waals surface area contributed by atoms with Crippen LogP contribution in [0.5, 0.6) is 5.75 Å². The molecule has 1 aromatic heterocycles. The van der Waals surface area contributed by atoms with Crippen LogP contribution in [0.3, 0.4) is 0 Å². The number of ether oxygens (including phenoxy) is 2. The molecule has 0 amide bonds. The predicted molar refractivity (Wildman–Crippen MR) is 110 cm³/mol. The van der Waals surface area contributed by atoms with E-state index in [0.29, 0.717) is 13.0 Å². The maximum Gasteiger partial charge on any atom is 0.119 e. The summed E-state index contributed by atoms with van der Waals surface area (Å²) in [6.07, 6.45) is 2.15. The van der Waals surface area contributed by atoms with E-state index in [-0.39, 0.29) is 7.43 Å². The number of morpholine rings is 1. The van der Waals surface area contributed by atoms with Gasteiger partial charge in [0.25, 0.3) is 0 Å². The Kier molecular flexibility index (Phi) is 10.8. The van der Waals surface area contributed by atoms with E-state index in [2.05, 4.69) is 16.0 Å². The summed E-state index contributed by atoms with van der Waals surface area (Å²) in [6.45, 7) is 9.21. The number of aromatic nitrogens is 1. The summed E-state index contributed by atoms with van der Waals surface area (Å²) < 4.78 is 11.2. The molecular formula is C22H31N3O2. The van der Waals surface area contributed by atoms with Crippen LogP contribution in [0.4, 0.5) is 0 Å². The van der Waals surface area contributed by atoms with Crippen LogP contribution in [0, 0.1) is 11.3 Å². The normalized spacial score (nSPS) is 13.5. The summed E-state index contributed by atoms with van der Waals surface area (Å²) >= 11 is 0. The van der Waals surface area contributed by atoms with Gasteiger partial charge in [0.05, 0.1) is 31.4 Å². The highest BCUT2D eigenvalue weighted by atomic mass is 16.5. The monoisotopic (exact) mass is 369 g/mol. The Bertz CT molecular complexity index is 672. The average molecular weight is 370 g/mol. The molecule has 5 heteroatoms. The lowest BCUT2D eigenvalue weighted by Crippen LogP contribution is -2.38. The van der Waals surface area contributed by atoms with E-state index in [9.17, 15) is 0 Å². The molecule has 0 unspecified atom stereocenters. The first kappa shape index (κ1) is 22.6. The molecule has 0 atom stereocenters. The number of pyridine rings is 1. The van der Waals surface area contributed by atoms with E-state index in [0.717, 1.165) is 55.4 Å². The van der Waals surface area contributed by atoms with Crippen LogP contribution in [0.2, 0.25) is 0 Å². The van der Waals surface area contributed by atoms with Gasteiger partial charge in [0.15, 0.2) is 0 Å². The number of rotatable bonds is 6. The minimum atomic E-state index is 0. The molecule has 1 aliphatic rings. The molecule has 3 rings (SSSR count). The SMILES string of the molecule is C.CC.N#CCc1ccc(-c2ccc(OCCN3CCOCC3)cc2)cn1. The highest BCUT2D eigenvalue weighted by Gasteiger charge is 2.09. The van der Waals surface area contributed by atoms with Gasteiger partial charge >= 0.3 is 0 Å². The zero-order valence-corrected chi connectivity index (χ0v) is 15.6. The van der Waals surface area contributed by atoms with Gasteiger partial charge < -0.3 is 9.47 Å². The first-order chi connectivity index (χ1) is 12.8. The number of nitriles is 1. The fourth-order valence-electron chi connectivity index (χ4n) is 2.64. The lowest BCUT2D eigenvalue weighted by atomic mass is 10.1. The quantitative estimate of drug-likeness (QED) is 0.764. The number of hydrogen-bond acceptors (Lipinski definition) is 5. The molecule has 27 heavy (non-hydrogen) atoms. The summed E-state index contributed by atoms with van der Waals surface area (Å²) in [5.41, 5.74) is 2.92. The van der Waals surface area contributed by atoms with Crippen molar-refractivity contribution in [1.82, 2.24) is 9.88 Å². The summed E-state index contributed by atoms with van der Waals surface area (Å²) in [6, 6.07) is 14.0. The van der Waals surface area contributed by atoms with Gasteiger partial charge in [0.1, 0.15) is 12.4 Å². The topological polar surface area (TPSA) is 58.4 Å². The van der Waals surface area contributed by atoms with Crippen molar-refractivity contribution in [2.45, 2.75) is 27.7 Å². The van der Waals surface area contributed by atoms with Crippen LogP contribution < -0.4 is 4.74 Å². The Hall–Kier alpha value is -2.42. The van der Waals surface area contributed by atoms with Crippen molar-refractivity contribution in [2.24, 2.45) is 0 Å². The second-order valence-corrected chi connectivity index (χ2v) is 5.70. The second kappa shape index (κ2) is 12.9. The largest absolute Gasteiger partial charge is 0.492 e. The summed E-state index contributed by atoms with van der Waals surface area (Å²) in [5.74, 6) is 0.876. The Balaban J connectivity index is 0.00000118. The molecule has 0 bridgehead atoms. The van der Waals surface area contributed by atoms with Crippen LogP contribution in [-0.2, 0) is 11.2 Å². The summed E-state index contributed by atoms with van der Waals surface area (Å²) in [5, 5.41) is 8.68. The van der Waals surface area contributed by atoms with Gasteiger partial charge in [-0.3, -0.25) is 9.88 Å². The van der Waals surface area contributed by atoms with Gasteiger partial charge in [0.2, 0.25) is 0 Å². The lowest BCUT2D eigenvalue weighted by Gasteiger charge is -2.26. The molecule has 5 nitrogen and oxygen atoms in total. The minimum Gasteiger partial charge on any atom is -0.492 e. The molecule has 0 aliphatic carbocycles. The molecule has 146 valence electrons. The van der Waals surface area contributed by atoms with E-state index >= 15 is 0 Å². The van der Waals surface area contributed by atoms with E-state index in [1.807, 2.05) is 50.2 Å². The molecular weight excluding hydrogens is 338 g/mol. The Morgan fingerprint density at radius 1 is 1.07 bits per heavy atom. The molecule has 0 radical (unpaired) electrons. The molecule has 1 aromatic carbocycles. The first-order valence-electron chi connectivity index (χ1n) is 9.20. The summed E-state index contributed by atoms with van der Waals surface area (Å²) in [7, 11) is 0. The van der Waals surface area contributed by atoms with Crippen LogP contribution in [0.25, 0.3) is 11.1 Å². The fourth-order valence-corrected chi connectivity index (χ4v) is 2.64. The zero-order chi connectivity index (χ0) is 18.6. The summed E-state index contributed by atoms with van der Waals surface area (Å²) in [4.78, 5) is 6.65. The van der Waals surface area contributed by atoms with Crippen molar-refractivity contribution in [3.8, 4) is 22.9 Å². The molecule has 2 heterocycles. The first-order valence-corrected chi connectivity index (χ1v) is 9.20. The van der Waals surface area contributed by atoms with Crippen LogP contribution in [-0.4, -0.2) is 49.3 Å². The molecule has 1 aliphatic heterocycles. The van der Waals surface area contributed by atoms with Gasteiger partial charge in [-0.15, -0.1) is 0 Å². The third-order valence-corrected chi connectivity index (χ3v) is 4.05. The van der Waals surface area contributed by atoms with Gasteiger partial charge in [-0.2, -0.15) is 5.26 Å². The molecule has 1 saturated heterocycles. The van der Waals surface area contributed by atoms with Gasteiger partial charge in [0, 0.05) is 31.4 Å². The van der Waals surface area contributed by atoms with Crippen molar-refractivity contribution >= 4 is 0 Å². The van der Waals surface area contributed by atoms with E-state index in [4.69, 9.17) is 14.7 Å². The van der Waals surface area contributed by atoms with E-state index in [1.54, 1.807) is 6.20 Å². The van der Waals surface area contributed by atoms with Crippen molar-refractivity contribution < 1.29 is 9.47 Å². The number of nitrogens with zero attached hydrogens (tertiary/aromatic N) is 3. The average Bonchev–Trinajstić information content (AvgIpc) is 2.72. The second-order valence-electron chi connectivity index (χ2n) is 5.70. The predicted octanol–water partition coefficient (Wildman–Crippen LogP) is 4.19. The molecule has 0 spiro atoms. The highest BCUT2D eigenvalue weighted by molar-refractivity contribution is 5.63. The smallest absolute Gasteiger partial charge is 0.119 e. The standard InChI is InChI=1S/C19H21N3O2.C2H6.CH4/c20-8-7-18-4-1-17(15-21-18)16-2-5-19(6-3-16)24-14-11-22-9-12-23-13-10-22;1-2;/h1-6,15H,7,9-14H2;1-2H3;1H4. The van der Waals surface area contributed by atoms with Gasteiger partial charge in [-0.05, 0) is 23.8 Å². The maximum atomic E-state index is 8.68. The zero-order valence-electron chi connectivity index (χ0n) is 15.6. The lowest BCUT2D eigenvalue weighted by molar-refractivity contribution is 0.0322. The maximum absolute atomic E-state index is 8.68. The minimum absolute atomic E-state index is 0. The van der Waals surface area contributed by atoms with E-state index in [1.165, 1.54) is 0 Å². The molecule has 2 aromatic rings. The number of hydrogen-bond donors (Lipinski definition) is 0. The van der Waals surface area contributed by atoms with Crippen molar-refractivity contribution in [3.63, 3.8) is 0 Å². The van der Waals surface area contributed by atoms with Crippen LogP contribution in [0.15, 0.2) is 42.6 Å². The number of benzene rings is 1. The Morgan fingerprint density at radius 3 is 2.33 bits per heavy atom. The molecule has 1 fully saturated rings. The van der Waals surface area contributed by atoms with Crippen molar-refractivity contribution in [3.05, 3.63) is 48.3 Å². The van der Waals surface area contributed by atoms with Gasteiger partial charge in [-0.25, -0.2) is 0 Å². The Labute approximate surface area is 163 Å². The fraction of sp³-hybridized carbons (Fsp3) is 0.455.